The third-order valence-corrected chi connectivity index (χ3v) is 6.10. The Labute approximate surface area is 161 Å². The molecule has 0 aliphatic rings. The molecule has 1 amide bonds. The monoisotopic (exact) mass is 425 g/mol. The molecule has 0 spiro atoms. The number of benzene rings is 1. The third kappa shape index (κ3) is 7.33. The first-order valence-electron chi connectivity index (χ1n) is 7.46. The smallest absolute Gasteiger partial charge is 0.416 e. The quantitative estimate of drug-likeness (QED) is 0.544. The lowest BCUT2D eigenvalue weighted by molar-refractivity contribution is -0.145. The van der Waals surface area contributed by atoms with Gasteiger partial charge in [0.25, 0.3) is 0 Å². The van der Waals surface area contributed by atoms with Crippen LogP contribution in [-0.4, -0.2) is 35.1 Å². The van der Waals surface area contributed by atoms with Crippen molar-refractivity contribution in [3.63, 3.8) is 0 Å². The van der Waals surface area contributed by atoms with Crippen LogP contribution >= 0.6 is 21.6 Å². The van der Waals surface area contributed by atoms with E-state index in [0.717, 1.165) is 35.1 Å². The zero-order valence-electron chi connectivity index (χ0n) is 14.9. The largest absolute Gasteiger partial charge is 0.467 e. The molecule has 0 aliphatic carbocycles. The molecule has 0 saturated heterocycles. The van der Waals surface area contributed by atoms with E-state index in [1.165, 1.54) is 14.0 Å². The van der Waals surface area contributed by atoms with Gasteiger partial charge in [-0.2, -0.15) is 13.2 Å². The van der Waals surface area contributed by atoms with Crippen molar-refractivity contribution in [1.82, 2.24) is 5.32 Å². The van der Waals surface area contributed by atoms with Crippen LogP contribution in [0.1, 0.15) is 26.3 Å². The first-order chi connectivity index (χ1) is 12.4. The molecule has 0 aliphatic heterocycles. The summed E-state index contributed by atoms with van der Waals surface area (Å²) in [7, 11) is 2.77. The van der Waals surface area contributed by atoms with Crippen LogP contribution in [0.15, 0.2) is 24.3 Å². The van der Waals surface area contributed by atoms with Crippen molar-refractivity contribution in [2.75, 3.05) is 7.11 Å². The Kier molecular flexibility index (Phi) is 8.03. The van der Waals surface area contributed by atoms with Crippen LogP contribution in [0.3, 0.4) is 0 Å². The molecule has 0 radical (unpaired) electrons. The fourth-order valence-corrected chi connectivity index (χ4v) is 3.76. The minimum absolute atomic E-state index is 0.0507. The lowest BCUT2D eigenvalue weighted by atomic mass is 10.0. The second kappa shape index (κ2) is 9.36. The molecule has 0 fully saturated rings. The van der Waals surface area contributed by atoms with Crippen LogP contribution in [0.4, 0.5) is 18.0 Å². The Bertz CT molecular complexity index is 692. The van der Waals surface area contributed by atoms with Crippen molar-refractivity contribution >= 4 is 38.8 Å². The van der Waals surface area contributed by atoms with E-state index in [0.29, 0.717) is 10.8 Å². The number of ether oxygens (including phenoxy) is 2. The van der Waals surface area contributed by atoms with Gasteiger partial charge in [-0.3, -0.25) is 4.79 Å². The molecule has 1 N–H and O–H groups in total. The van der Waals surface area contributed by atoms with E-state index < -0.39 is 39.7 Å². The minimum atomic E-state index is -4.48. The molecule has 1 atom stereocenters. The number of halogens is 3. The molecular weight excluding hydrogens is 407 g/mol. The number of methoxy groups -OCH3 is 1. The number of carbonyl (C=O) groups excluding carboxylic acids is 3. The SMILES string of the molecule is COC(=O)C(NC(C)=O)C(C)(C)SSC(=O)Oc1ccc(C(F)(F)F)cc1. The summed E-state index contributed by atoms with van der Waals surface area (Å²) in [6, 6.07) is 2.65. The molecule has 6 nitrogen and oxygen atoms in total. The number of hydrogen-bond donors (Lipinski definition) is 1. The van der Waals surface area contributed by atoms with Gasteiger partial charge in [0.15, 0.2) is 0 Å². The summed E-state index contributed by atoms with van der Waals surface area (Å²) in [5, 5.41) is 1.67. The van der Waals surface area contributed by atoms with Crippen molar-refractivity contribution in [2.45, 2.75) is 37.7 Å². The van der Waals surface area contributed by atoms with Gasteiger partial charge in [0.1, 0.15) is 11.8 Å². The summed E-state index contributed by atoms with van der Waals surface area (Å²) < 4.78 is 46.2. The van der Waals surface area contributed by atoms with Crippen LogP contribution in [-0.2, 0) is 20.5 Å². The molecule has 0 saturated carbocycles. The molecule has 11 heteroatoms. The van der Waals surface area contributed by atoms with Crippen LogP contribution in [0.5, 0.6) is 5.75 Å². The van der Waals surface area contributed by atoms with Gasteiger partial charge >= 0.3 is 17.4 Å². The van der Waals surface area contributed by atoms with Crippen LogP contribution in [0, 0.1) is 0 Å². The van der Waals surface area contributed by atoms with Gasteiger partial charge in [0, 0.05) is 17.7 Å². The number of hydrogen-bond acceptors (Lipinski definition) is 7. The normalized spacial score (nSPS) is 12.9. The molecule has 1 aromatic carbocycles. The molecule has 0 heterocycles. The van der Waals surface area contributed by atoms with E-state index in [2.05, 4.69) is 10.1 Å². The van der Waals surface area contributed by atoms with Crippen molar-refractivity contribution in [3.05, 3.63) is 29.8 Å². The van der Waals surface area contributed by atoms with Gasteiger partial charge in [-0.05, 0) is 38.1 Å². The maximum absolute atomic E-state index is 12.5. The molecule has 1 aromatic rings. The van der Waals surface area contributed by atoms with E-state index >= 15 is 0 Å². The molecule has 1 unspecified atom stereocenters. The van der Waals surface area contributed by atoms with E-state index in [1.807, 2.05) is 0 Å². The van der Waals surface area contributed by atoms with E-state index in [-0.39, 0.29) is 5.75 Å². The Hall–Kier alpha value is -1.88. The lowest BCUT2D eigenvalue weighted by Gasteiger charge is -2.30. The Morgan fingerprint density at radius 3 is 2.11 bits per heavy atom. The topological polar surface area (TPSA) is 81.7 Å². The molecule has 1 rings (SSSR count). The van der Waals surface area contributed by atoms with Gasteiger partial charge in [0.2, 0.25) is 5.91 Å². The lowest BCUT2D eigenvalue weighted by Crippen LogP contribution is -2.52. The number of rotatable bonds is 6. The summed E-state index contributed by atoms with van der Waals surface area (Å²) in [5.74, 6) is -1.18. The highest BCUT2D eigenvalue weighted by molar-refractivity contribution is 8.82. The fourth-order valence-electron chi connectivity index (χ4n) is 1.85. The molecule has 0 aromatic heterocycles. The molecule has 150 valence electrons. The highest BCUT2D eigenvalue weighted by Gasteiger charge is 2.38. The average molecular weight is 425 g/mol. The maximum atomic E-state index is 12.5. The van der Waals surface area contributed by atoms with Crippen molar-refractivity contribution in [3.8, 4) is 5.75 Å². The Balaban J connectivity index is 2.70. The van der Waals surface area contributed by atoms with Gasteiger partial charge in [-0.1, -0.05) is 10.8 Å². The number of amides is 1. The van der Waals surface area contributed by atoms with Gasteiger partial charge in [-0.15, -0.1) is 0 Å². The van der Waals surface area contributed by atoms with Crippen molar-refractivity contribution in [1.29, 1.82) is 0 Å². The minimum Gasteiger partial charge on any atom is -0.467 e. The van der Waals surface area contributed by atoms with E-state index in [4.69, 9.17) is 4.74 Å². The van der Waals surface area contributed by atoms with Crippen molar-refractivity contribution in [2.24, 2.45) is 0 Å². The van der Waals surface area contributed by atoms with E-state index in [1.54, 1.807) is 13.8 Å². The molecular formula is C16H18F3NO5S2. The number of nitrogens with one attached hydrogen (secondary N) is 1. The zero-order chi connectivity index (χ0) is 20.8. The van der Waals surface area contributed by atoms with Crippen LogP contribution in [0.2, 0.25) is 0 Å². The predicted octanol–water partition coefficient (Wildman–Crippen LogP) is 4.04. The summed E-state index contributed by atoms with van der Waals surface area (Å²) in [5.41, 5.74) is -0.860. The molecule has 0 bridgehead atoms. The van der Waals surface area contributed by atoms with Gasteiger partial charge in [-0.25, -0.2) is 9.59 Å². The standard InChI is InChI=1S/C16H18F3NO5S2/c1-9(21)20-12(13(22)24-4)15(2,3)27-26-14(23)25-11-7-5-10(6-8-11)16(17,18)19/h5-8,12H,1-4H3,(H,20,21). The van der Waals surface area contributed by atoms with Gasteiger partial charge < -0.3 is 14.8 Å². The molecule has 27 heavy (non-hydrogen) atoms. The second-order valence-electron chi connectivity index (χ2n) is 5.80. The summed E-state index contributed by atoms with van der Waals surface area (Å²) in [6.07, 6.45) is -4.48. The maximum Gasteiger partial charge on any atom is 0.416 e. The van der Waals surface area contributed by atoms with E-state index in [9.17, 15) is 27.6 Å². The van der Waals surface area contributed by atoms with Gasteiger partial charge in [0.05, 0.1) is 17.4 Å². The third-order valence-electron chi connectivity index (χ3n) is 3.19. The van der Waals surface area contributed by atoms with Crippen LogP contribution in [0.25, 0.3) is 0 Å². The fraction of sp³-hybridized carbons (Fsp3) is 0.438. The summed E-state index contributed by atoms with van der Waals surface area (Å²) in [6.45, 7) is 4.48. The van der Waals surface area contributed by atoms with Crippen LogP contribution < -0.4 is 10.1 Å². The summed E-state index contributed by atoms with van der Waals surface area (Å²) in [4.78, 5) is 35.1. The average Bonchev–Trinajstić information content (AvgIpc) is 2.57. The number of carbonyl (C=O) groups is 3. The number of esters is 1. The Morgan fingerprint density at radius 2 is 1.67 bits per heavy atom. The Morgan fingerprint density at radius 1 is 1.11 bits per heavy atom. The highest BCUT2D eigenvalue weighted by Crippen LogP contribution is 2.40. The first-order valence-corrected chi connectivity index (χ1v) is 9.61. The van der Waals surface area contributed by atoms with Crippen molar-refractivity contribution < 1.29 is 37.0 Å². The first kappa shape index (κ1) is 23.2. The summed E-state index contributed by atoms with van der Waals surface area (Å²) >= 11 is 0. The predicted molar refractivity (Wildman–Crippen MR) is 96.3 cm³/mol. The number of alkyl halides is 3. The second-order valence-corrected chi connectivity index (χ2v) is 8.52. The highest BCUT2D eigenvalue weighted by atomic mass is 33.1. The zero-order valence-corrected chi connectivity index (χ0v) is 16.5.